The van der Waals surface area contributed by atoms with E-state index in [0.717, 1.165) is 5.56 Å². The second-order valence-electron chi connectivity index (χ2n) is 4.86. The third kappa shape index (κ3) is 3.31. The maximum atomic E-state index is 11.9. The van der Waals surface area contributed by atoms with Gasteiger partial charge in [0, 0.05) is 31.6 Å². The molecule has 7 nitrogen and oxygen atoms in total. The summed E-state index contributed by atoms with van der Waals surface area (Å²) >= 11 is 0. The minimum atomic E-state index is -0.877. The first-order valence-corrected chi connectivity index (χ1v) is 6.34. The quantitative estimate of drug-likeness (QED) is 0.601. The van der Waals surface area contributed by atoms with Gasteiger partial charge in [-0.15, -0.1) is 0 Å². The highest BCUT2D eigenvalue weighted by Crippen LogP contribution is 2.15. The Hall–Kier alpha value is -1.99. The van der Waals surface area contributed by atoms with E-state index in [1.807, 2.05) is 0 Å². The van der Waals surface area contributed by atoms with Crippen LogP contribution in [0.1, 0.15) is 12.0 Å². The van der Waals surface area contributed by atoms with Gasteiger partial charge in [-0.3, -0.25) is 14.9 Å². The SMILES string of the molecule is O=C(CCc1ccc([N+](=O)[O-])cc1)N1C[C@@H](O)[C@H](O)C1. The van der Waals surface area contributed by atoms with Crippen LogP contribution in [-0.4, -0.2) is 51.2 Å². The molecule has 1 aliphatic heterocycles. The molecule has 0 aliphatic carbocycles. The fourth-order valence-corrected chi connectivity index (χ4v) is 2.17. The lowest BCUT2D eigenvalue weighted by molar-refractivity contribution is -0.384. The third-order valence-corrected chi connectivity index (χ3v) is 3.39. The van der Waals surface area contributed by atoms with Crippen LogP contribution in [0.25, 0.3) is 0 Å². The van der Waals surface area contributed by atoms with Gasteiger partial charge in [0.1, 0.15) is 0 Å². The van der Waals surface area contributed by atoms with Crippen molar-refractivity contribution < 1.29 is 19.9 Å². The van der Waals surface area contributed by atoms with Crippen LogP contribution in [0.15, 0.2) is 24.3 Å². The number of hydrogen-bond acceptors (Lipinski definition) is 5. The molecule has 20 heavy (non-hydrogen) atoms. The van der Waals surface area contributed by atoms with Crippen molar-refractivity contribution in [1.29, 1.82) is 0 Å². The van der Waals surface area contributed by atoms with E-state index in [0.29, 0.717) is 6.42 Å². The number of nitro benzene ring substituents is 1. The lowest BCUT2D eigenvalue weighted by Crippen LogP contribution is -2.29. The standard InChI is InChI=1S/C13H16N2O5/c16-11-7-14(8-12(11)17)13(18)6-3-9-1-4-10(5-2-9)15(19)20/h1-2,4-5,11-12,16-17H,3,6-8H2/t11-,12-/m1/s1. The van der Waals surface area contributed by atoms with Gasteiger partial charge in [0.25, 0.3) is 5.69 Å². The van der Waals surface area contributed by atoms with Crippen LogP contribution < -0.4 is 0 Å². The zero-order chi connectivity index (χ0) is 14.7. The van der Waals surface area contributed by atoms with E-state index in [2.05, 4.69) is 0 Å². The predicted molar refractivity (Wildman–Crippen MR) is 70.0 cm³/mol. The van der Waals surface area contributed by atoms with Crippen molar-refractivity contribution in [3.63, 3.8) is 0 Å². The number of aryl methyl sites for hydroxylation is 1. The molecule has 1 fully saturated rings. The van der Waals surface area contributed by atoms with Crippen LogP contribution in [0, 0.1) is 10.1 Å². The zero-order valence-electron chi connectivity index (χ0n) is 10.8. The average Bonchev–Trinajstić information content (AvgIpc) is 2.76. The molecule has 0 spiro atoms. The van der Waals surface area contributed by atoms with Crippen LogP contribution >= 0.6 is 0 Å². The van der Waals surface area contributed by atoms with Gasteiger partial charge < -0.3 is 15.1 Å². The van der Waals surface area contributed by atoms with Gasteiger partial charge in [-0.1, -0.05) is 12.1 Å². The number of carbonyl (C=O) groups excluding carboxylic acids is 1. The molecule has 1 amide bonds. The van der Waals surface area contributed by atoms with Crippen molar-refractivity contribution in [3.8, 4) is 0 Å². The van der Waals surface area contributed by atoms with Gasteiger partial charge >= 0.3 is 0 Å². The van der Waals surface area contributed by atoms with Crippen molar-refractivity contribution in [2.75, 3.05) is 13.1 Å². The van der Waals surface area contributed by atoms with E-state index in [4.69, 9.17) is 0 Å². The van der Waals surface area contributed by atoms with Gasteiger partial charge in [-0.2, -0.15) is 0 Å². The summed E-state index contributed by atoms with van der Waals surface area (Å²) in [6.45, 7) is 0.306. The van der Waals surface area contributed by atoms with E-state index < -0.39 is 17.1 Å². The van der Waals surface area contributed by atoms with Crippen LogP contribution in [-0.2, 0) is 11.2 Å². The zero-order valence-corrected chi connectivity index (χ0v) is 10.8. The second kappa shape index (κ2) is 5.98. The summed E-state index contributed by atoms with van der Waals surface area (Å²) in [6, 6.07) is 6.06. The second-order valence-corrected chi connectivity index (χ2v) is 4.86. The Morgan fingerprint density at radius 2 is 1.80 bits per heavy atom. The number of amides is 1. The molecule has 1 heterocycles. The Bertz CT molecular complexity index is 492. The number of aliphatic hydroxyl groups is 2. The highest BCUT2D eigenvalue weighted by atomic mass is 16.6. The summed E-state index contributed by atoms with van der Waals surface area (Å²) in [6.07, 6.45) is -1.03. The number of aliphatic hydroxyl groups excluding tert-OH is 2. The molecule has 1 saturated heterocycles. The van der Waals surface area contributed by atoms with Gasteiger partial charge in [-0.25, -0.2) is 0 Å². The van der Waals surface area contributed by atoms with Gasteiger partial charge in [0.05, 0.1) is 17.1 Å². The van der Waals surface area contributed by atoms with Crippen LogP contribution in [0.3, 0.4) is 0 Å². The average molecular weight is 280 g/mol. The fraction of sp³-hybridized carbons (Fsp3) is 0.462. The number of benzene rings is 1. The van der Waals surface area contributed by atoms with E-state index in [-0.39, 0.29) is 31.1 Å². The van der Waals surface area contributed by atoms with Crippen molar-refractivity contribution in [2.24, 2.45) is 0 Å². The van der Waals surface area contributed by atoms with Crippen LogP contribution in [0.4, 0.5) is 5.69 Å². The highest BCUT2D eigenvalue weighted by Gasteiger charge is 2.31. The van der Waals surface area contributed by atoms with E-state index >= 15 is 0 Å². The first-order valence-electron chi connectivity index (χ1n) is 6.34. The molecular weight excluding hydrogens is 264 g/mol. The Labute approximate surface area is 115 Å². The topological polar surface area (TPSA) is 104 Å². The Balaban J connectivity index is 1.86. The van der Waals surface area contributed by atoms with E-state index in [1.54, 1.807) is 12.1 Å². The monoisotopic (exact) mass is 280 g/mol. The number of non-ortho nitro benzene ring substituents is 1. The van der Waals surface area contributed by atoms with Gasteiger partial charge in [0.2, 0.25) is 5.91 Å². The third-order valence-electron chi connectivity index (χ3n) is 3.39. The molecule has 1 aromatic carbocycles. The number of nitrogens with zero attached hydrogens (tertiary/aromatic N) is 2. The maximum Gasteiger partial charge on any atom is 0.269 e. The van der Waals surface area contributed by atoms with Crippen molar-refractivity contribution in [3.05, 3.63) is 39.9 Å². The van der Waals surface area contributed by atoms with Gasteiger partial charge in [-0.05, 0) is 12.0 Å². The number of carbonyl (C=O) groups is 1. The molecule has 0 unspecified atom stereocenters. The minimum absolute atomic E-state index is 0.0193. The number of likely N-dealkylation sites (tertiary alicyclic amines) is 1. The molecular formula is C13H16N2O5. The summed E-state index contributed by atoms with van der Waals surface area (Å²) in [5.74, 6) is -0.140. The molecule has 1 aromatic rings. The summed E-state index contributed by atoms with van der Waals surface area (Å²) in [7, 11) is 0. The molecule has 1 aliphatic rings. The Morgan fingerprint density at radius 3 is 2.30 bits per heavy atom. The number of hydrogen-bond donors (Lipinski definition) is 2. The number of nitro groups is 1. The largest absolute Gasteiger partial charge is 0.388 e. The van der Waals surface area contributed by atoms with Crippen molar-refractivity contribution >= 4 is 11.6 Å². The lowest BCUT2D eigenvalue weighted by atomic mass is 10.1. The van der Waals surface area contributed by atoms with Gasteiger partial charge in [0.15, 0.2) is 0 Å². The predicted octanol–water partition coefficient (Wildman–Crippen LogP) is 0.0914. The van der Waals surface area contributed by atoms with Crippen LogP contribution in [0.5, 0.6) is 0 Å². The Kier molecular flexibility index (Phi) is 4.31. The highest BCUT2D eigenvalue weighted by molar-refractivity contribution is 5.77. The van der Waals surface area contributed by atoms with Crippen molar-refractivity contribution in [1.82, 2.24) is 4.90 Å². The molecule has 0 aromatic heterocycles. The number of rotatable bonds is 4. The number of β-amino-alcohol motifs (C(OH)–C–C–N with tert-alkyl or cyclic N) is 2. The molecule has 2 rings (SSSR count). The molecule has 2 atom stereocenters. The Morgan fingerprint density at radius 1 is 1.25 bits per heavy atom. The molecule has 0 radical (unpaired) electrons. The minimum Gasteiger partial charge on any atom is -0.388 e. The maximum absolute atomic E-state index is 11.9. The molecule has 108 valence electrons. The van der Waals surface area contributed by atoms with Crippen molar-refractivity contribution in [2.45, 2.75) is 25.0 Å². The van der Waals surface area contributed by atoms with E-state index in [1.165, 1.54) is 17.0 Å². The molecule has 0 bridgehead atoms. The summed E-state index contributed by atoms with van der Waals surface area (Å²) < 4.78 is 0. The van der Waals surface area contributed by atoms with E-state index in [9.17, 15) is 25.1 Å². The lowest BCUT2D eigenvalue weighted by Gasteiger charge is -2.15. The fourth-order valence-electron chi connectivity index (χ4n) is 2.17. The normalized spacial score (nSPS) is 22.0. The van der Waals surface area contributed by atoms with Crippen LogP contribution in [0.2, 0.25) is 0 Å². The first-order chi connectivity index (χ1) is 9.47. The summed E-state index contributed by atoms with van der Waals surface area (Å²) in [5.41, 5.74) is 0.857. The first kappa shape index (κ1) is 14.4. The summed E-state index contributed by atoms with van der Waals surface area (Å²) in [4.78, 5) is 23.4. The molecule has 7 heteroatoms. The molecule has 2 N–H and O–H groups in total. The molecule has 0 saturated carbocycles. The summed E-state index contributed by atoms with van der Waals surface area (Å²) in [5, 5.41) is 29.3. The smallest absolute Gasteiger partial charge is 0.269 e.